The maximum absolute atomic E-state index is 12.1. The number of hydrogen-bond donors (Lipinski definition) is 4. The maximum Gasteiger partial charge on any atom is 0.494 e. The molecule has 10 nitrogen and oxygen atoms in total. The highest BCUT2D eigenvalue weighted by Gasteiger charge is 2.51. The van der Waals surface area contributed by atoms with E-state index in [2.05, 4.69) is 36.5 Å². The average Bonchev–Trinajstić information content (AvgIpc) is 3.50. The van der Waals surface area contributed by atoms with Crippen molar-refractivity contribution in [2.75, 3.05) is 10.6 Å². The Morgan fingerprint density at radius 2 is 1.18 bits per heavy atom. The Balaban J connectivity index is 0.000000215. The van der Waals surface area contributed by atoms with E-state index < -0.39 is 41.7 Å². The van der Waals surface area contributed by atoms with Crippen molar-refractivity contribution in [3.63, 3.8) is 0 Å². The third-order valence-electron chi connectivity index (χ3n) is 7.15. The molecule has 0 atom stereocenters. The molecule has 3 heterocycles. The molecule has 0 bridgehead atoms. The molecule has 1 aliphatic heterocycles. The second-order valence-electron chi connectivity index (χ2n) is 13.7. The van der Waals surface area contributed by atoms with Crippen LogP contribution in [0.15, 0.2) is 53.3 Å². The Bertz CT molecular complexity index is 1650. The van der Waals surface area contributed by atoms with Crippen molar-refractivity contribution in [1.29, 1.82) is 0 Å². The number of rotatable bonds is 3. The normalized spacial score (nSPS) is 15.9. The Kier molecular flexibility index (Phi) is 9.22. The van der Waals surface area contributed by atoms with E-state index in [0.29, 0.717) is 11.4 Å². The summed E-state index contributed by atoms with van der Waals surface area (Å²) in [7, 11) is -0.450. The SMILES string of the molecule is CC(C)(C)OC(=O)Nc1c[nH]c2ccc(B3OC(C)(C)C(C)(C)O3)cc12.CC(C)(C)OC(=O)Nc1c[nH]c2ccc(Br)cc12. The van der Waals surface area contributed by atoms with Crippen molar-refractivity contribution in [2.45, 2.75) is 91.6 Å². The first-order valence-electron chi connectivity index (χ1n) is 14.5. The number of ether oxygens (including phenoxy) is 2. The number of benzene rings is 2. The van der Waals surface area contributed by atoms with Crippen molar-refractivity contribution in [3.8, 4) is 0 Å². The van der Waals surface area contributed by atoms with Gasteiger partial charge in [-0.2, -0.15) is 0 Å². The minimum Gasteiger partial charge on any atom is -0.444 e. The van der Waals surface area contributed by atoms with Gasteiger partial charge in [-0.05, 0) is 99.0 Å². The van der Waals surface area contributed by atoms with E-state index in [1.54, 1.807) is 12.4 Å². The molecule has 12 heteroatoms. The van der Waals surface area contributed by atoms with Crippen LogP contribution in [0.4, 0.5) is 21.0 Å². The fourth-order valence-electron chi connectivity index (χ4n) is 4.39. The molecule has 1 aliphatic rings. The van der Waals surface area contributed by atoms with Gasteiger partial charge in [0.1, 0.15) is 11.2 Å². The van der Waals surface area contributed by atoms with Crippen LogP contribution in [-0.4, -0.2) is 51.7 Å². The van der Waals surface area contributed by atoms with Crippen molar-refractivity contribution in [2.24, 2.45) is 0 Å². The van der Waals surface area contributed by atoms with E-state index >= 15 is 0 Å². The number of amides is 2. The number of aromatic amines is 2. The predicted molar refractivity (Wildman–Crippen MR) is 180 cm³/mol. The van der Waals surface area contributed by atoms with Gasteiger partial charge >= 0.3 is 19.3 Å². The Hall–Kier alpha value is -3.48. The summed E-state index contributed by atoms with van der Waals surface area (Å²) in [6, 6.07) is 11.7. The summed E-state index contributed by atoms with van der Waals surface area (Å²) in [5, 5.41) is 7.35. The van der Waals surface area contributed by atoms with Gasteiger partial charge in [-0.3, -0.25) is 10.6 Å². The zero-order chi connectivity index (χ0) is 32.7. The van der Waals surface area contributed by atoms with Crippen LogP contribution in [0.1, 0.15) is 69.2 Å². The molecule has 236 valence electrons. The van der Waals surface area contributed by atoms with Crippen molar-refractivity contribution < 1.29 is 28.4 Å². The molecule has 4 aromatic rings. The largest absolute Gasteiger partial charge is 0.494 e. The van der Waals surface area contributed by atoms with Gasteiger partial charge in [-0.1, -0.05) is 28.1 Å². The molecule has 2 aromatic carbocycles. The number of carbonyl (C=O) groups is 2. The number of carbonyl (C=O) groups excluding carboxylic acids is 2. The van der Waals surface area contributed by atoms with Gasteiger partial charge in [-0.25, -0.2) is 9.59 Å². The molecule has 4 N–H and O–H groups in total. The first kappa shape index (κ1) is 33.4. The van der Waals surface area contributed by atoms with Gasteiger partial charge in [-0.15, -0.1) is 0 Å². The lowest BCUT2D eigenvalue weighted by molar-refractivity contribution is 0.00578. The highest BCUT2D eigenvalue weighted by atomic mass is 79.9. The molecular formula is C32H42BBrN4O6. The summed E-state index contributed by atoms with van der Waals surface area (Å²) in [4.78, 5) is 30.0. The van der Waals surface area contributed by atoms with E-state index in [4.69, 9.17) is 18.8 Å². The van der Waals surface area contributed by atoms with Gasteiger partial charge in [0.2, 0.25) is 0 Å². The van der Waals surface area contributed by atoms with E-state index in [1.165, 1.54) is 0 Å². The van der Waals surface area contributed by atoms with Gasteiger partial charge in [0.15, 0.2) is 0 Å². The van der Waals surface area contributed by atoms with Crippen LogP contribution < -0.4 is 16.1 Å². The zero-order valence-corrected chi connectivity index (χ0v) is 28.6. The second-order valence-corrected chi connectivity index (χ2v) is 14.7. The summed E-state index contributed by atoms with van der Waals surface area (Å²) in [6.07, 6.45) is 2.56. The highest BCUT2D eigenvalue weighted by Crippen LogP contribution is 2.37. The van der Waals surface area contributed by atoms with Gasteiger partial charge in [0, 0.05) is 38.7 Å². The van der Waals surface area contributed by atoms with E-state index in [-0.39, 0.29) is 0 Å². The van der Waals surface area contributed by atoms with Crippen molar-refractivity contribution >= 4 is 73.9 Å². The van der Waals surface area contributed by atoms with Crippen LogP contribution in [0, 0.1) is 0 Å². The highest BCUT2D eigenvalue weighted by molar-refractivity contribution is 9.10. The lowest BCUT2D eigenvalue weighted by Crippen LogP contribution is -2.41. The molecule has 1 saturated heterocycles. The molecular weight excluding hydrogens is 627 g/mol. The number of halogens is 1. The minimum atomic E-state index is -0.552. The number of fused-ring (bicyclic) bond motifs is 2. The molecule has 0 radical (unpaired) electrons. The third kappa shape index (κ3) is 8.16. The van der Waals surface area contributed by atoms with Crippen LogP contribution in [0.25, 0.3) is 21.8 Å². The van der Waals surface area contributed by atoms with Crippen LogP contribution in [0.2, 0.25) is 0 Å². The first-order valence-corrected chi connectivity index (χ1v) is 15.3. The predicted octanol–water partition coefficient (Wildman–Crippen LogP) is 8.09. The Morgan fingerprint density at radius 3 is 1.64 bits per heavy atom. The fourth-order valence-corrected chi connectivity index (χ4v) is 4.75. The van der Waals surface area contributed by atoms with Gasteiger partial charge < -0.3 is 28.8 Å². The lowest BCUT2D eigenvalue weighted by atomic mass is 9.78. The standard InChI is InChI=1S/C19H27BN2O4.C13H15BrN2O2/c1-17(2,3)24-16(23)22-15-11-21-14-9-8-12(10-13(14)15)20-25-18(4,5)19(6,7)26-20;1-13(2,3)18-12(17)16-11-7-15-10-5-4-8(14)6-9(10)11/h8-11,21H,1-7H3,(H,22,23);4-7,15H,1-3H3,(H,16,17). The number of H-pyrrole nitrogens is 2. The molecule has 0 spiro atoms. The molecule has 44 heavy (non-hydrogen) atoms. The molecule has 2 amide bonds. The molecule has 1 fully saturated rings. The van der Waals surface area contributed by atoms with Gasteiger partial charge in [0.25, 0.3) is 0 Å². The maximum atomic E-state index is 12.1. The molecule has 0 unspecified atom stereocenters. The molecule has 5 rings (SSSR count). The zero-order valence-electron chi connectivity index (χ0n) is 27.0. The third-order valence-corrected chi connectivity index (χ3v) is 7.64. The molecule has 0 saturated carbocycles. The Labute approximate surface area is 267 Å². The quantitative estimate of drug-likeness (QED) is 0.163. The van der Waals surface area contributed by atoms with E-state index in [0.717, 1.165) is 31.7 Å². The van der Waals surface area contributed by atoms with E-state index in [1.807, 2.05) is 106 Å². The second kappa shape index (κ2) is 12.1. The number of anilines is 2. The van der Waals surface area contributed by atoms with Crippen LogP contribution >= 0.6 is 15.9 Å². The number of hydrogen-bond acceptors (Lipinski definition) is 6. The van der Waals surface area contributed by atoms with Crippen LogP contribution in [-0.2, 0) is 18.8 Å². The monoisotopic (exact) mass is 668 g/mol. The first-order chi connectivity index (χ1) is 20.2. The Morgan fingerprint density at radius 1 is 0.750 bits per heavy atom. The van der Waals surface area contributed by atoms with Crippen LogP contribution in [0.5, 0.6) is 0 Å². The van der Waals surface area contributed by atoms with Crippen LogP contribution in [0.3, 0.4) is 0 Å². The fraction of sp³-hybridized carbons (Fsp3) is 0.438. The summed E-state index contributed by atoms with van der Waals surface area (Å²) in [6.45, 7) is 19.1. The van der Waals surface area contributed by atoms with Crippen molar-refractivity contribution in [1.82, 2.24) is 9.97 Å². The summed E-state index contributed by atoms with van der Waals surface area (Å²) in [5.41, 5.74) is 2.29. The number of aromatic nitrogens is 2. The summed E-state index contributed by atoms with van der Waals surface area (Å²) >= 11 is 3.41. The summed E-state index contributed by atoms with van der Waals surface area (Å²) in [5.74, 6) is 0. The van der Waals surface area contributed by atoms with Crippen molar-refractivity contribution in [3.05, 3.63) is 53.3 Å². The lowest BCUT2D eigenvalue weighted by Gasteiger charge is -2.32. The topological polar surface area (TPSA) is 127 Å². The molecule has 2 aromatic heterocycles. The number of nitrogens with one attached hydrogen (secondary N) is 4. The summed E-state index contributed by atoms with van der Waals surface area (Å²) < 4.78 is 23.7. The minimum absolute atomic E-state index is 0.400. The average molecular weight is 669 g/mol. The van der Waals surface area contributed by atoms with E-state index in [9.17, 15) is 9.59 Å². The smallest absolute Gasteiger partial charge is 0.444 e. The molecule has 0 aliphatic carbocycles. The van der Waals surface area contributed by atoms with Gasteiger partial charge in [0.05, 0.1) is 22.6 Å².